The molecule has 5 rings (SSSR count). The normalized spacial score (nSPS) is 36.0. The molecule has 152 valence electrons. The SMILES string of the molecule is O=C([C@@H]1CCCCN1)N1C[C@@H]2C[C@H](C1)[C@@H]1CCC[C@H](Cc3ccccc3)N1C2. The average molecular weight is 382 g/mol. The van der Waals surface area contributed by atoms with E-state index in [1.165, 1.54) is 57.1 Å². The van der Waals surface area contributed by atoms with Crippen molar-refractivity contribution in [2.75, 3.05) is 26.2 Å². The van der Waals surface area contributed by atoms with Crippen LogP contribution in [0.15, 0.2) is 30.3 Å². The third-order valence-corrected chi connectivity index (χ3v) is 7.75. The molecule has 1 amide bonds. The maximum atomic E-state index is 13.1. The largest absolute Gasteiger partial charge is 0.341 e. The lowest BCUT2D eigenvalue weighted by Crippen LogP contribution is -2.64. The van der Waals surface area contributed by atoms with Gasteiger partial charge >= 0.3 is 0 Å². The number of piperidine rings is 4. The second-order valence-electron chi connectivity index (χ2n) is 9.65. The number of carbonyl (C=O) groups is 1. The van der Waals surface area contributed by atoms with Crippen molar-refractivity contribution in [2.45, 2.75) is 69.5 Å². The summed E-state index contributed by atoms with van der Waals surface area (Å²) in [7, 11) is 0. The zero-order chi connectivity index (χ0) is 18.9. The van der Waals surface area contributed by atoms with Gasteiger partial charge in [0.2, 0.25) is 5.91 Å². The number of amides is 1. The quantitative estimate of drug-likeness (QED) is 0.874. The van der Waals surface area contributed by atoms with Crippen molar-refractivity contribution in [3.05, 3.63) is 35.9 Å². The molecular weight excluding hydrogens is 346 g/mol. The molecule has 0 saturated carbocycles. The fourth-order valence-electron chi connectivity index (χ4n) is 6.48. The first-order chi connectivity index (χ1) is 13.8. The molecule has 4 nitrogen and oxygen atoms in total. The summed E-state index contributed by atoms with van der Waals surface area (Å²) in [5, 5.41) is 3.47. The van der Waals surface area contributed by atoms with Crippen molar-refractivity contribution in [3.63, 3.8) is 0 Å². The molecule has 0 spiro atoms. The predicted molar refractivity (Wildman–Crippen MR) is 112 cm³/mol. The zero-order valence-electron chi connectivity index (χ0n) is 17.1. The summed E-state index contributed by atoms with van der Waals surface area (Å²) in [5.74, 6) is 1.73. The molecule has 4 aliphatic heterocycles. The molecule has 4 saturated heterocycles. The molecule has 28 heavy (non-hydrogen) atoms. The van der Waals surface area contributed by atoms with Crippen LogP contribution in [0.1, 0.15) is 50.5 Å². The molecule has 0 aliphatic carbocycles. The van der Waals surface area contributed by atoms with Crippen molar-refractivity contribution < 1.29 is 4.79 Å². The highest BCUT2D eigenvalue weighted by Crippen LogP contribution is 2.40. The van der Waals surface area contributed by atoms with Gasteiger partial charge in [-0.25, -0.2) is 0 Å². The fraction of sp³-hybridized carbons (Fsp3) is 0.708. The highest BCUT2D eigenvalue weighted by atomic mass is 16.2. The Balaban J connectivity index is 1.27. The number of carbonyl (C=O) groups excluding carboxylic acids is 1. The van der Waals surface area contributed by atoms with Crippen molar-refractivity contribution in [2.24, 2.45) is 11.8 Å². The molecule has 5 atom stereocenters. The van der Waals surface area contributed by atoms with Crippen LogP contribution in [-0.2, 0) is 11.2 Å². The minimum atomic E-state index is 0.0841. The van der Waals surface area contributed by atoms with E-state index in [0.717, 1.165) is 26.1 Å². The molecule has 0 radical (unpaired) electrons. The Bertz CT molecular complexity index is 672. The van der Waals surface area contributed by atoms with Gasteiger partial charge in [0.1, 0.15) is 0 Å². The van der Waals surface area contributed by atoms with Gasteiger partial charge in [-0.15, -0.1) is 0 Å². The Morgan fingerprint density at radius 3 is 2.71 bits per heavy atom. The molecule has 1 aromatic rings. The van der Waals surface area contributed by atoms with Crippen LogP contribution in [0, 0.1) is 11.8 Å². The number of nitrogens with zero attached hydrogens (tertiary/aromatic N) is 2. The molecule has 4 aliphatic rings. The van der Waals surface area contributed by atoms with E-state index in [-0.39, 0.29) is 6.04 Å². The molecule has 0 unspecified atom stereocenters. The van der Waals surface area contributed by atoms with Gasteiger partial charge in [-0.05, 0) is 62.5 Å². The number of fused-ring (bicyclic) bond motifs is 4. The second-order valence-corrected chi connectivity index (χ2v) is 9.65. The van der Waals surface area contributed by atoms with Crippen LogP contribution in [0.3, 0.4) is 0 Å². The van der Waals surface area contributed by atoms with Gasteiger partial charge in [-0.3, -0.25) is 9.69 Å². The summed E-state index contributed by atoms with van der Waals surface area (Å²) >= 11 is 0. The number of hydrogen-bond donors (Lipinski definition) is 1. The van der Waals surface area contributed by atoms with E-state index < -0.39 is 0 Å². The van der Waals surface area contributed by atoms with Gasteiger partial charge in [-0.1, -0.05) is 43.2 Å². The summed E-state index contributed by atoms with van der Waals surface area (Å²) in [4.78, 5) is 18.2. The van der Waals surface area contributed by atoms with E-state index in [4.69, 9.17) is 0 Å². The lowest BCUT2D eigenvalue weighted by atomic mass is 9.74. The van der Waals surface area contributed by atoms with Crippen LogP contribution in [-0.4, -0.2) is 60.0 Å². The van der Waals surface area contributed by atoms with Crippen LogP contribution in [0.2, 0.25) is 0 Å². The third-order valence-electron chi connectivity index (χ3n) is 7.75. The minimum absolute atomic E-state index is 0.0841. The van der Waals surface area contributed by atoms with E-state index in [1.807, 2.05) is 0 Å². The molecule has 4 heteroatoms. The molecule has 4 fully saturated rings. The Labute approximate surface area is 169 Å². The summed E-state index contributed by atoms with van der Waals surface area (Å²) < 4.78 is 0. The highest BCUT2D eigenvalue weighted by Gasteiger charge is 2.45. The molecule has 1 N–H and O–H groups in total. The van der Waals surface area contributed by atoms with Crippen molar-refractivity contribution in [1.29, 1.82) is 0 Å². The monoisotopic (exact) mass is 381 g/mol. The Kier molecular flexibility index (Phi) is 5.43. The summed E-state index contributed by atoms with van der Waals surface area (Å²) in [6, 6.07) is 12.5. The van der Waals surface area contributed by atoms with Gasteiger partial charge in [0.15, 0.2) is 0 Å². The van der Waals surface area contributed by atoms with E-state index in [9.17, 15) is 4.79 Å². The number of hydrogen-bond acceptors (Lipinski definition) is 3. The molecular formula is C24H35N3O. The predicted octanol–water partition coefficient (Wildman–Crippen LogP) is 3.07. The number of benzene rings is 1. The van der Waals surface area contributed by atoms with Gasteiger partial charge < -0.3 is 10.2 Å². The minimum Gasteiger partial charge on any atom is -0.341 e. The van der Waals surface area contributed by atoms with Crippen molar-refractivity contribution >= 4 is 5.91 Å². The van der Waals surface area contributed by atoms with Crippen molar-refractivity contribution in [1.82, 2.24) is 15.1 Å². The first-order valence-electron chi connectivity index (χ1n) is 11.6. The Hall–Kier alpha value is -1.39. The highest BCUT2D eigenvalue weighted by molar-refractivity contribution is 5.82. The molecule has 2 bridgehead atoms. The van der Waals surface area contributed by atoms with Gasteiger partial charge in [0.25, 0.3) is 0 Å². The number of nitrogens with one attached hydrogen (secondary N) is 1. The number of rotatable bonds is 3. The van der Waals surface area contributed by atoms with Gasteiger partial charge in [0.05, 0.1) is 6.04 Å². The smallest absolute Gasteiger partial charge is 0.239 e. The molecule has 0 aromatic heterocycles. The summed E-state index contributed by atoms with van der Waals surface area (Å²) in [5.41, 5.74) is 1.48. The lowest BCUT2D eigenvalue weighted by molar-refractivity contribution is -0.141. The maximum Gasteiger partial charge on any atom is 0.239 e. The van der Waals surface area contributed by atoms with Crippen LogP contribution >= 0.6 is 0 Å². The first-order valence-corrected chi connectivity index (χ1v) is 11.6. The van der Waals surface area contributed by atoms with Crippen LogP contribution in [0.25, 0.3) is 0 Å². The average Bonchev–Trinajstić information content (AvgIpc) is 2.75. The first kappa shape index (κ1) is 18.6. The third kappa shape index (κ3) is 3.73. The van der Waals surface area contributed by atoms with E-state index in [0.29, 0.717) is 29.8 Å². The second kappa shape index (κ2) is 8.16. The fourth-order valence-corrected chi connectivity index (χ4v) is 6.48. The maximum absolute atomic E-state index is 13.1. The van der Waals surface area contributed by atoms with Crippen LogP contribution < -0.4 is 5.32 Å². The number of likely N-dealkylation sites (tertiary alicyclic amines) is 1. The van der Waals surface area contributed by atoms with E-state index in [1.54, 1.807) is 0 Å². The van der Waals surface area contributed by atoms with Crippen LogP contribution in [0.5, 0.6) is 0 Å². The Morgan fingerprint density at radius 1 is 1.00 bits per heavy atom. The summed E-state index contributed by atoms with van der Waals surface area (Å²) in [6.45, 7) is 4.18. The molecule has 4 heterocycles. The van der Waals surface area contributed by atoms with E-state index in [2.05, 4.69) is 45.4 Å². The topological polar surface area (TPSA) is 35.6 Å². The van der Waals surface area contributed by atoms with Gasteiger partial charge in [-0.2, -0.15) is 0 Å². The standard InChI is InChI=1S/C24H35N3O/c28-24(22-10-4-5-12-25-22)26-15-19-13-20(17-26)23-11-6-9-21(27(23)16-19)14-18-7-2-1-3-8-18/h1-3,7-8,19-23,25H,4-6,9-17H2/t19-,20+,21+,22-,23-/m0/s1. The Morgan fingerprint density at radius 2 is 1.89 bits per heavy atom. The van der Waals surface area contributed by atoms with E-state index >= 15 is 0 Å². The zero-order valence-corrected chi connectivity index (χ0v) is 17.1. The lowest BCUT2D eigenvalue weighted by Gasteiger charge is -2.55. The molecule has 1 aromatic carbocycles. The summed E-state index contributed by atoms with van der Waals surface area (Å²) in [6.07, 6.45) is 9.96. The van der Waals surface area contributed by atoms with Crippen LogP contribution in [0.4, 0.5) is 0 Å². The van der Waals surface area contributed by atoms with Crippen molar-refractivity contribution in [3.8, 4) is 0 Å². The van der Waals surface area contributed by atoms with Gasteiger partial charge in [0, 0.05) is 31.7 Å².